The molecule has 6 rings (SSSR count). The Morgan fingerprint density at radius 2 is 0.867 bits per heavy atom. The van der Waals surface area contributed by atoms with E-state index in [1.165, 1.54) is 54.7 Å². The first-order valence-corrected chi connectivity index (χ1v) is 10.8. The third kappa shape index (κ3) is 2.19. The first-order chi connectivity index (χ1) is 14.8. The number of rotatable bonds is 3. The standard InChI is InChI=1S/C28H24N2/c1-3-29-23-15-7-5-11-21(23)27-19(13-9-17-25(27)29)20-14-10-18-26-28(20)22-12-6-8-16-24(22)30(26)4-2/h5-18H,3-4H2,1-2H3. The molecule has 30 heavy (non-hydrogen) atoms. The molecule has 0 unspecified atom stereocenters. The van der Waals surface area contributed by atoms with Gasteiger partial charge in [0.15, 0.2) is 0 Å². The number of fused-ring (bicyclic) bond motifs is 6. The van der Waals surface area contributed by atoms with E-state index in [2.05, 4.69) is 108 Å². The van der Waals surface area contributed by atoms with Crippen LogP contribution in [0.5, 0.6) is 0 Å². The molecule has 0 spiro atoms. The van der Waals surface area contributed by atoms with Gasteiger partial charge in [0.05, 0.1) is 0 Å². The lowest BCUT2D eigenvalue weighted by Crippen LogP contribution is -1.93. The second-order valence-electron chi connectivity index (χ2n) is 7.92. The van der Waals surface area contributed by atoms with Crippen LogP contribution in [0.2, 0.25) is 0 Å². The zero-order valence-electron chi connectivity index (χ0n) is 17.4. The van der Waals surface area contributed by atoms with Crippen molar-refractivity contribution < 1.29 is 0 Å². The summed E-state index contributed by atoms with van der Waals surface area (Å²) in [6, 6.07) is 31.1. The van der Waals surface area contributed by atoms with E-state index in [0.717, 1.165) is 13.1 Å². The van der Waals surface area contributed by atoms with Gasteiger partial charge in [-0.1, -0.05) is 60.7 Å². The Kier molecular flexibility index (Phi) is 3.76. The van der Waals surface area contributed by atoms with Gasteiger partial charge in [-0.2, -0.15) is 0 Å². The molecule has 0 fully saturated rings. The number of aryl methyl sites for hydroxylation is 2. The van der Waals surface area contributed by atoms with Gasteiger partial charge in [0, 0.05) is 56.7 Å². The highest BCUT2D eigenvalue weighted by Crippen LogP contribution is 2.42. The molecule has 0 aliphatic rings. The van der Waals surface area contributed by atoms with Crippen LogP contribution in [0.25, 0.3) is 54.7 Å². The van der Waals surface area contributed by atoms with Gasteiger partial charge in [0.2, 0.25) is 0 Å². The summed E-state index contributed by atoms with van der Waals surface area (Å²) in [4.78, 5) is 0. The summed E-state index contributed by atoms with van der Waals surface area (Å²) >= 11 is 0. The van der Waals surface area contributed by atoms with Crippen molar-refractivity contribution in [3.8, 4) is 11.1 Å². The Bertz CT molecular complexity index is 1440. The number of nitrogens with zero attached hydrogens (tertiary/aromatic N) is 2. The molecule has 2 nitrogen and oxygen atoms in total. The van der Waals surface area contributed by atoms with Crippen LogP contribution >= 0.6 is 0 Å². The molecule has 2 heterocycles. The topological polar surface area (TPSA) is 9.86 Å². The molecule has 0 atom stereocenters. The predicted molar refractivity (Wildman–Crippen MR) is 129 cm³/mol. The SMILES string of the molecule is CCn1c2ccccc2c2c(-c3cccc4c3c3ccccc3n4CC)cccc21. The maximum absolute atomic E-state index is 2.43. The molecule has 0 bridgehead atoms. The van der Waals surface area contributed by atoms with E-state index in [0.29, 0.717) is 0 Å². The van der Waals surface area contributed by atoms with Gasteiger partial charge in [-0.05, 0) is 49.2 Å². The largest absolute Gasteiger partial charge is 0.341 e. The summed E-state index contributed by atoms with van der Waals surface area (Å²) in [6.07, 6.45) is 0. The van der Waals surface area contributed by atoms with Crippen LogP contribution in [0.4, 0.5) is 0 Å². The molecule has 2 heteroatoms. The summed E-state index contributed by atoms with van der Waals surface area (Å²) in [6.45, 7) is 6.39. The molecule has 2 aromatic heterocycles. The second kappa shape index (κ2) is 6.50. The smallest absolute Gasteiger partial charge is 0.0497 e. The highest BCUT2D eigenvalue weighted by atomic mass is 15.0. The molecule has 0 saturated heterocycles. The fourth-order valence-electron chi connectivity index (χ4n) is 5.33. The molecule has 0 N–H and O–H groups in total. The lowest BCUT2D eigenvalue weighted by molar-refractivity contribution is 0.827. The van der Waals surface area contributed by atoms with Crippen molar-refractivity contribution in [1.82, 2.24) is 9.13 Å². The Morgan fingerprint density at radius 1 is 0.467 bits per heavy atom. The van der Waals surface area contributed by atoms with Gasteiger partial charge in [0.25, 0.3) is 0 Å². The minimum atomic E-state index is 0.965. The third-order valence-corrected chi connectivity index (χ3v) is 6.52. The third-order valence-electron chi connectivity index (χ3n) is 6.52. The van der Waals surface area contributed by atoms with E-state index in [4.69, 9.17) is 0 Å². The van der Waals surface area contributed by atoms with Crippen molar-refractivity contribution in [3.05, 3.63) is 84.9 Å². The zero-order chi connectivity index (χ0) is 20.2. The minimum Gasteiger partial charge on any atom is -0.341 e. The molecule has 0 aliphatic carbocycles. The first-order valence-electron chi connectivity index (χ1n) is 10.8. The molecule has 6 aromatic rings. The molecule has 0 saturated carbocycles. The maximum Gasteiger partial charge on any atom is 0.0497 e. The van der Waals surface area contributed by atoms with Crippen LogP contribution in [0.15, 0.2) is 84.9 Å². The van der Waals surface area contributed by atoms with Crippen LogP contribution in [-0.4, -0.2) is 9.13 Å². The van der Waals surface area contributed by atoms with Crippen LogP contribution in [0.1, 0.15) is 13.8 Å². The minimum absolute atomic E-state index is 0.965. The molecule has 146 valence electrons. The average molecular weight is 389 g/mol. The summed E-state index contributed by atoms with van der Waals surface area (Å²) in [5.74, 6) is 0. The van der Waals surface area contributed by atoms with Crippen LogP contribution in [-0.2, 0) is 13.1 Å². The normalized spacial score (nSPS) is 11.9. The summed E-state index contributed by atoms with van der Waals surface area (Å²) < 4.78 is 4.87. The van der Waals surface area contributed by atoms with Crippen molar-refractivity contribution >= 4 is 43.6 Å². The fraction of sp³-hybridized carbons (Fsp3) is 0.143. The monoisotopic (exact) mass is 388 g/mol. The lowest BCUT2D eigenvalue weighted by atomic mass is 9.95. The molecular weight excluding hydrogens is 364 g/mol. The maximum atomic E-state index is 2.43. The fourth-order valence-corrected chi connectivity index (χ4v) is 5.33. The summed E-state index contributed by atoms with van der Waals surface area (Å²) in [5.41, 5.74) is 7.89. The average Bonchev–Trinajstić information content (AvgIpc) is 3.31. The quantitative estimate of drug-likeness (QED) is 0.295. The van der Waals surface area contributed by atoms with Gasteiger partial charge < -0.3 is 9.13 Å². The van der Waals surface area contributed by atoms with Gasteiger partial charge in [-0.25, -0.2) is 0 Å². The highest BCUT2D eigenvalue weighted by molar-refractivity contribution is 6.21. The van der Waals surface area contributed by atoms with Crippen molar-refractivity contribution in [2.75, 3.05) is 0 Å². The van der Waals surface area contributed by atoms with Gasteiger partial charge in [0.1, 0.15) is 0 Å². The van der Waals surface area contributed by atoms with Crippen molar-refractivity contribution in [2.45, 2.75) is 26.9 Å². The van der Waals surface area contributed by atoms with Crippen molar-refractivity contribution in [1.29, 1.82) is 0 Å². The van der Waals surface area contributed by atoms with Crippen LogP contribution in [0, 0.1) is 0 Å². The van der Waals surface area contributed by atoms with Crippen LogP contribution < -0.4 is 0 Å². The van der Waals surface area contributed by atoms with E-state index < -0.39 is 0 Å². The molecule has 0 aliphatic heterocycles. The number of benzene rings is 4. The number of hydrogen-bond acceptors (Lipinski definition) is 0. The van der Waals surface area contributed by atoms with E-state index in [1.807, 2.05) is 0 Å². The highest BCUT2D eigenvalue weighted by Gasteiger charge is 2.18. The lowest BCUT2D eigenvalue weighted by Gasteiger charge is -2.09. The van der Waals surface area contributed by atoms with E-state index >= 15 is 0 Å². The van der Waals surface area contributed by atoms with Gasteiger partial charge in [-0.3, -0.25) is 0 Å². The Hall–Kier alpha value is -3.52. The Morgan fingerprint density at radius 3 is 1.30 bits per heavy atom. The zero-order valence-corrected chi connectivity index (χ0v) is 17.4. The molecule has 4 aromatic carbocycles. The molecule has 0 amide bonds. The summed E-state index contributed by atoms with van der Waals surface area (Å²) in [5, 5.41) is 5.38. The van der Waals surface area contributed by atoms with Gasteiger partial charge >= 0.3 is 0 Å². The number of para-hydroxylation sites is 2. The Labute approximate surface area is 176 Å². The number of aromatic nitrogens is 2. The van der Waals surface area contributed by atoms with E-state index in [-0.39, 0.29) is 0 Å². The van der Waals surface area contributed by atoms with Crippen LogP contribution in [0.3, 0.4) is 0 Å². The summed E-state index contributed by atoms with van der Waals surface area (Å²) in [7, 11) is 0. The van der Waals surface area contributed by atoms with Gasteiger partial charge in [-0.15, -0.1) is 0 Å². The molecule has 0 radical (unpaired) electrons. The van der Waals surface area contributed by atoms with Crippen molar-refractivity contribution in [2.24, 2.45) is 0 Å². The molecular formula is C28H24N2. The van der Waals surface area contributed by atoms with E-state index in [1.54, 1.807) is 0 Å². The Balaban J connectivity index is 1.82. The first kappa shape index (κ1) is 17.3. The number of hydrogen-bond donors (Lipinski definition) is 0. The van der Waals surface area contributed by atoms with E-state index in [9.17, 15) is 0 Å². The second-order valence-corrected chi connectivity index (χ2v) is 7.92. The van der Waals surface area contributed by atoms with Crippen molar-refractivity contribution in [3.63, 3.8) is 0 Å². The predicted octanol–water partition coefficient (Wildman–Crippen LogP) is 7.61.